The first kappa shape index (κ1) is 14.2. The van der Waals surface area contributed by atoms with E-state index in [-0.39, 0.29) is 16.4 Å². The van der Waals surface area contributed by atoms with Gasteiger partial charge in [-0.3, -0.25) is 4.79 Å². The molecule has 19 heavy (non-hydrogen) atoms. The van der Waals surface area contributed by atoms with E-state index in [9.17, 15) is 13.6 Å². The van der Waals surface area contributed by atoms with Gasteiger partial charge in [0.1, 0.15) is 11.6 Å². The van der Waals surface area contributed by atoms with Crippen molar-refractivity contribution >= 4 is 18.4 Å². The molecule has 1 fully saturated rings. The van der Waals surface area contributed by atoms with Crippen molar-refractivity contribution in [3.05, 3.63) is 29.3 Å². The van der Waals surface area contributed by atoms with E-state index in [1.54, 1.807) is 0 Å². The first-order valence-corrected chi connectivity index (χ1v) is 6.03. The van der Waals surface area contributed by atoms with E-state index in [0.717, 1.165) is 12.1 Å². The van der Waals surface area contributed by atoms with Gasteiger partial charge in [-0.05, 0) is 19.1 Å². The van der Waals surface area contributed by atoms with Gasteiger partial charge in [0.05, 0.1) is 5.56 Å². The zero-order valence-electron chi connectivity index (χ0n) is 11.1. The lowest BCUT2D eigenvalue weighted by atomic mass is 9.75. The molecular weight excluding hydrogens is 253 g/mol. The topological polar surface area (TPSA) is 35.5 Å². The Kier molecular flexibility index (Phi) is 3.74. The summed E-state index contributed by atoms with van der Waals surface area (Å²) in [5.41, 5.74) is -0.430. The van der Waals surface area contributed by atoms with Crippen molar-refractivity contribution in [3.8, 4) is 0 Å². The number of carbonyl (C=O) groups is 1. The van der Waals surface area contributed by atoms with Crippen molar-refractivity contribution in [2.75, 3.05) is 13.2 Å². The lowest BCUT2D eigenvalue weighted by molar-refractivity contribution is 0.0340. The molecule has 0 atom stereocenters. The molecule has 0 bridgehead atoms. The maximum Gasteiger partial charge on any atom is 0.497 e. The van der Waals surface area contributed by atoms with Crippen LogP contribution in [-0.2, 0) is 9.31 Å². The molecule has 1 aromatic rings. The van der Waals surface area contributed by atoms with Gasteiger partial charge in [0, 0.05) is 24.1 Å². The molecule has 0 saturated carbocycles. The zero-order valence-corrected chi connectivity index (χ0v) is 11.1. The Hall–Kier alpha value is -1.27. The third kappa shape index (κ3) is 3.01. The van der Waals surface area contributed by atoms with Gasteiger partial charge >= 0.3 is 7.12 Å². The Morgan fingerprint density at radius 3 is 2.32 bits per heavy atom. The number of hydrogen-bond acceptors (Lipinski definition) is 3. The van der Waals surface area contributed by atoms with E-state index in [2.05, 4.69) is 0 Å². The predicted octanol–water partition coefficient (Wildman–Crippen LogP) is 1.94. The SMILES string of the molecule is CC(=O)c1cc(F)c(B2OCC(C)(C)CO2)cc1F. The fourth-order valence-electron chi connectivity index (χ4n) is 1.88. The highest BCUT2D eigenvalue weighted by Crippen LogP contribution is 2.22. The minimum atomic E-state index is -0.927. The van der Waals surface area contributed by atoms with Crippen LogP contribution in [0, 0.1) is 17.0 Å². The minimum absolute atomic E-state index is 0.0157. The molecule has 3 nitrogen and oxygen atoms in total. The van der Waals surface area contributed by atoms with Crippen LogP contribution in [0.15, 0.2) is 12.1 Å². The number of rotatable bonds is 2. The standard InChI is InChI=1S/C13H15BF2O3/c1-8(17)9-4-12(16)10(5-11(9)15)14-18-6-13(2,3)7-19-14/h4-5H,6-7H2,1-3H3. The lowest BCUT2D eigenvalue weighted by Gasteiger charge is -2.33. The zero-order chi connectivity index (χ0) is 14.2. The molecule has 0 aliphatic carbocycles. The third-order valence-electron chi connectivity index (χ3n) is 2.97. The molecule has 1 saturated heterocycles. The summed E-state index contributed by atoms with van der Waals surface area (Å²) in [6.45, 7) is 5.89. The van der Waals surface area contributed by atoms with Crippen LogP contribution in [-0.4, -0.2) is 26.1 Å². The summed E-state index contributed by atoms with van der Waals surface area (Å²) in [5, 5.41) is 0. The summed E-state index contributed by atoms with van der Waals surface area (Å²) in [4.78, 5) is 11.1. The van der Waals surface area contributed by atoms with Crippen LogP contribution in [0.4, 0.5) is 8.78 Å². The van der Waals surface area contributed by atoms with Crippen LogP contribution in [0.3, 0.4) is 0 Å². The highest BCUT2D eigenvalue weighted by molar-refractivity contribution is 6.61. The van der Waals surface area contributed by atoms with E-state index in [0.29, 0.717) is 13.2 Å². The maximum absolute atomic E-state index is 13.9. The normalized spacial score (nSPS) is 18.5. The second-order valence-electron chi connectivity index (χ2n) is 5.53. The summed E-state index contributed by atoms with van der Waals surface area (Å²) in [6, 6.07) is 1.86. The van der Waals surface area contributed by atoms with Crippen molar-refractivity contribution in [1.29, 1.82) is 0 Å². The molecule has 102 valence electrons. The van der Waals surface area contributed by atoms with Crippen LogP contribution in [0.25, 0.3) is 0 Å². The molecule has 0 aromatic heterocycles. The van der Waals surface area contributed by atoms with E-state index < -0.39 is 24.5 Å². The average molecular weight is 268 g/mol. The van der Waals surface area contributed by atoms with Gasteiger partial charge in [-0.15, -0.1) is 0 Å². The first-order chi connectivity index (χ1) is 8.80. The number of halogens is 2. The third-order valence-corrected chi connectivity index (χ3v) is 2.97. The molecule has 0 radical (unpaired) electrons. The Labute approximate surface area is 111 Å². The Balaban J connectivity index is 2.27. The summed E-state index contributed by atoms with van der Waals surface area (Å²) in [7, 11) is -0.927. The molecule has 0 spiro atoms. The molecular formula is C13H15BF2O3. The van der Waals surface area contributed by atoms with Gasteiger partial charge in [-0.25, -0.2) is 8.78 Å². The summed E-state index contributed by atoms with van der Waals surface area (Å²) < 4.78 is 38.4. The van der Waals surface area contributed by atoms with Crippen LogP contribution in [0.5, 0.6) is 0 Å². The highest BCUT2D eigenvalue weighted by Gasteiger charge is 2.35. The van der Waals surface area contributed by atoms with Crippen LogP contribution in [0.1, 0.15) is 31.1 Å². The molecule has 1 heterocycles. The second kappa shape index (κ2) is 5.02. The molecule has 6 heteroatoms. The quantitative estimate of drug-likeness (QED) is 0.607. The van der Waals surface area contributed by atoms with Gasteiger partial charge in [-0.1, -0.05) is 13.8 Å². The molecule has 0 unspecified atom stereocenters. The maximum atomic E-state index is 13.9. The minimum Gasteiger partial charge on any atom is -0.407 e. The molecule has 0 amide bonds. The van der Waals surface area contributed by atoms with E-state index in [1.165, 1.54) is 6.92 Å². The van der Waals surface area contributed by atoms with E-state index >= 15 is 0 Å². The Bertz CT molecular complexity index is 507. The highest BCUT2D eigenvalue weighted by atomic mass is 19.1. The number of Topliss-reactive ketones (excluding diaryl/α,β-unsaturated/α-hetero) is 1. The van der Waals surface area contributed by atoms with Gasteiger partial charge in [-0.2, -0.15) is 0 Å². The van der Waals surface area contributed by atoms with Crippen molar-refractivity contribution in [2.24, 2.45) is 5.41 Å². The smallest absolute Gasteiger partial charge is 0.407 e. The second-order valence-corrected chi connectivity index (χ2v) is 5.53. The molecule has 2 rings (SSSR count). The molecule has 1 aliphatic rings. The molecule has 0 N–H and O–H groups in total. The van der Waals surface area contributed by atoms with Crippen molar-refractivity contribution in [3.63, 3.8) is 0 Å². The van der Waals surface area contributed by atoms with E-state index in [4.69, 9.17) is 9.31 Å². The van der Waals surface area contributed by atoms with Crippen LogP contribution in [0.2, 0.25) is 0 Å². The monoisotopic (exact) mass is 268 g/mol. The fourth-order valence-corrected chi connectivity index (χ4v) is 1.88. The predicted molar refractivity (Wildman–Crippen MR) is 67.4 cm³/mol. The van der Waals surface area contributed by atoms with Gasteiger partial charge in [0.2, 0.25) is 0 Å². The van der Waals surface area contributed by atoms with Gasteiger partial charge in [0.25, 0.3) is 0 Å². The van der Waals surface area contributed by atoms with Gasteiger partial charge in [0.15, 0.2) is 5.78 Å². The summed E-state index contributed by atoms with van der Waals surface area (Å²) in [6.07, 6.45) is 0. The van der Waals surface area contributed by atoms with Crippen molar-refractivity contribution in [2.45, 2.75) is 20.8 Å². The van der Waals surface area contributed by atoms with Crippen molar-refractivity contribution in [1.82, 2.24) is 0 Å². The average Bonchev–Trinajstić information content (AvgIpc) is 2.31. The fraction of sp³-hybridized carbons (Fsp3) is 0.462. The summed E-state index contributed by atoms with van der Waals surface area (Å²) >= 11 is 0. The Morgan fingerprint density at radius 1 is 1.21 bits per heavy atom. The molecule has 1 aliphatic heterocycles. The first-order valence-electron chi connectivity index (χ1n) is 6.03. The van der Waals surface area contributed by atoms with Crippen LogP contribution < -0.4 is 5.46 Å². The molecule has 1 aromatic carbocycles. The number of ketones is 1. The Morgan fingerprint density at radius 2 is 1.79 bits per heavy atom. The van der Waals surface area contributed by atoms with Crippen molar-refractivity contribution < 1.29 is 22.9 Å². The lowest BCUT2D eigenvalue weighted by Crippen LogP contribution is -2.48. The number of carbonyl (C=O) groups excluding carboxylic acids is 1. The van der Waals surface area contributed by atoms with Gasteiger partial charge < -0.3 is 9.31 Å². The largest absolute Gasteiger partial charge is 0.497 e. The van der Waals surface area contributed by atoms with Crippen LogP contribution >= 0.6 is 0 Å². The summed E-state index contributed by atoms with van der Waals surface area (Å²) in [5.74, 6) is -1.98. The number of hydrogen-bond donors (Lipinski definition) is 0. The van der Waals surface area contributed by atoms with E-state index in [1.807, 2.05) is 13.8 Å². The number of benzene rings is 1.